The van der Waals surface area contributed by atoms with E-state index >= 15 is 0 Å². The second-order valence-electron chi connectivity index (χ2n) is 2.91. The first kappa shape index (κ1) is 13.2. The van der Waals surface area contributed by atoms with E-state index in [0.29, 0.717) is 6.29 Å². The number of carbonyl (C=O) groups excluding carboxylic acids is 1. The number of hydrogen-bond donors (Lipinski definition) is 1. The number of hydrogen-bond acceptors (Lipinski definition) is 5. The maximum Gasteiger partial charge on any atom is 0.573 e. The Morgan fingerprint density at radius 3 is 2.59 bits per heavy atom. The molecule has 0 saturated heterocycles. The largest absolute Gasteiger partial charge is 0.573 e. The van der Waals surface area contributed by atoms with Crippen molar-refractivity contribution in [3.05, 3.63) is 17.3 Å². The third-order valence-electron chi connectivity index (χ3n) is 1.79. The highest BCUT2D eigenvalue weighted by atomic mass is 19.4. The van der Waals surface area contributed by atoms with Crippen molar-refractivity contribution in [2.75, 3.05) is 7.11 Å². The molecule has 0 aliphatic heterocycles. The van der Waals surface area contributed by atoms with E-state index in [4.69, 9.17) is 5.73 Å². The fourth-order valence-corrected chi connectivity index (χ4v) is 1.16. The molecule has 0 spiro atoms. The Balaban J connectivity index is 3.29. The molecule has 0 unspecified atom stereocenters. The molecule has 0 fully saturated rings. The van der Waals surface area contributed by atoms with Crippen molar-refractivity contribution in [2.45, 2.75) is 12.9 Å². The summed E-state index contributed by atoms with van der Waals surface area (Å²) in [5.41, 5.74) is 5.17. The molecular formula is C9H9F3N2O3. The summed E-state index contributed by atoms with van der Waals surface area (Å²) >= 11 is 0. The van der Waals surface area contributed by atoms with Crippen molar-refractivity contribution in [3.8, 4) is 11.6 Å². The Morgan fingerprint density at radius 1 is 1.53 bits per heavy atom. The monoisotopic (exact) mass is 250 g/mol. The van der Waals surface area contributed by atoms with Crippen molar-refractivity contribution >= 4 is 6.29 Å². The van der Waals surface area contributed by atoms with Crippen molar-refractivity contribution in [3.63, 3.8) is 0 Å². The third-order valence-corrected chi connectivity index (χ3v) is 1.79. The topological polar surface area (TPSA) is 74.4 Å². The summed E-state index contributed by atoms with van der Waals surface area (Å²) in [6, 6.07) is 1.11. The summed E-state index contributed by atoms with van der Waals surface area (Å²) in [6.07, 6.45) is -4.51. The number of rotatable bonds is 4. The zero-order chi connectivity index (χ0) is 13.1. The SMILES string of the molecule is COc1nc(C=O)cc(CN)c1OC(F)(F)F. The number of alkyl halides is 3. The van der Waals surface area contributed by atoms with Crippen LogP contribution in [0.4, 0.5) is 13.2 Å². The van der Waals surface area contributed by atoms with Crippen molar-refractivity contribution in [1.82, 2.24) is 4.98 Å². The molecule has 17 heavy (non-hydrogen) atoms. The number of ether oxygens (including phenoxy) is 2. The van der Waals surface area contributed by atoms with E-state index in [1.54, 1.807) is 0 Å². The molecule has 0 saturated carbocycles. The zero-order valence-electron chi connectivity index (χ0n) is 8.75. The lowest BCUT2D eigenvalue weighted by molar-refractivity contribution is -0.275. The maximum atomic E-state index is 12.1. The molecule has 94 valence electrons. The van der Waals surface area contributed by atoms with Gasteiger partial charge in [0.2, 0.25) is 0 Å². The zero-order valence-corrected chi connectivity index (χ0v) is 8.75. The second kappa shape index (κ2) is 5.00. The van der Waals surface area contributed by atoms with Crippen LogP contribution < -0.4 is 15.2 Å². The quantitative estimate of drug-likeness (QED) is 0.814. The lowest BCUT2D eigenvalue weighted by atomic mass is 10.2. The molecule has 0 bridgehead atoms. The lowest BCUT2D eigenvalue weighted by Crippen LogP contribution is -2.20. The van der Waals surface area contributed by atoms with Crippen molar-refractivity contribution < 1.29 is 27.4 Å². The Bertz CT molecular complexity index is 395. The van der Waals surface area contributed by atoms with Crippen LogP contribution in [-0.2, 0) is 6.54 Å². The molecule has 8 heteroatoms. The normalized spacial score (nSPS) is 11.1. The van der Waals surface area contributed by atoms with E-state index in [1.807, 2.05) is 0 Å². The Morgan fingerprint density at radius 2 is 2.18 bits per heavy atom. The van der Waals surface area contributed by atoms with Gasteiger partial charge in [0.25, 0.3) is 5.88 Å². The van der Waals surface area contributed by atoms with Gasteiger partial charge in [0.15, 0.2) is 12.0 Å². The van der Waals surface area contributed by atoms with E-state index in [1.165, 1.54) is 0 Å². The van der Waals surface area contributed by atoms with Gasteiger partial charge in [-0.15, -0.1) is 13.2 Å². The van der Waals surface area contributed by atoms with Crippen LogP contribution in [0.25, 0.3) is 0 Å². The molecule has 1 aromatic heterocycles. The van der Waals surface area contributed by atoms with Gasteiger partial charge in [-0.3, -0.25) is 4.79 Å². The molecule has 0 atom stereocenters. The van der Waals surface area contributed by atoms with E-state index in [0.717, 1.165) is 13.2 Å². The third kappa shape index (κ3) is 3.31. The predicted molar refractivity (Wildman–Crippen MR) is 50.8 cm³/mol. The number of nitrogens with zero attached hydrogens (tertiary/aromatic N) is 1. The van der Waals surface area contributed by atoms with Gasteiger partial charge in [-0.2, -0.15) is 0 Å². The first-order valence-electron chi connectivity index (χ1n) is 4.40. The molecule has 0 aliphatic rings. The van der Waals surface area contributed by atoms with Gasteiger partial charge in [-0.25, -0.2) is 4.98 Å². The first-order valence-corrected chi connectivity index (χ1v) is 4.40. The lowest BCUT2D eigenvalue weighted by Gasteiger charge is -2.15. The van der Waals surface area contributed by atoms with Gasteiger partial charge in [-0.1, -0.05) is 0 Å². The summed E-state index contributed by atoms with van der Waals surface area (Å²) in [4.78, 5) is 14.0. The van der Waals surface area contributed by atoms with Crippen LogP contribution in [0.5, 0.6) is 11.6 Å². The molecule has 5 nitrogen and oxygen atoms in total. The average Bonchev–Trinajstić information content (AvgIpc) is 2.27. The highest BCUT2D eigenvalue weighted by Gasteiger charge is 2.34. The number of halogens is 3. The highest BCUT2D eigenvalue weighted by molar-refractivity contribution is 5.73. The van der Waals surface area contributed by atoms with Crippen molar-refractivity contribution in [1.29, 1.82) is 0 Å². The number of aldehydes is 1. The number of carbonyl (C=O) groups is 1. The van der Waals surface area contributed by atoms with Crippen LogP contribution in [0.2, 0.25) is 0 Å². The van der Waals surface area contributed by atoms with Crippen LogP contribution in [0.15, 0.2) is 6.07 Å². The van der Waals surface area contributed by atoms with Crippen LogP contribution in [0.3, 0.4) is 0 Å². The van der Waals surface area contributed by atoms with Crippen LogP contribution in [-0.4, -0.2) is 24.7 Å². The number of aromatic nitrogens is 1. The molecule has 0 aliphatic carbocycles. The average molecular weight is 250 g/mol. The highest BCUT2D eigenvalue weighted by Crippen LogP contribution is 2.34. The second-order valence-corrected chi connectivity index (χ2v) is 2.91. The van der Waals surface area contributed by atoms with Gasteiger partial charge in [0.1, 0.15) is 5.69 Å². The van der Waals surface area contributed by atoms with Crippen LogP contribution in [0, 0.1) is 0 Å². The molecule has 0 radical (unpaired) electrons. The van der Waals surface area contributed by atoms with E-state index in [9.17, 15) is 18.0 Å². The van der Waals surface area contributed by atoms with Crippen LogP contribution in [0.1, 0.15) is 16.1 Å². The smallest absolute Gasteiger partial charge is 0.478 e. The summed E-state index contributed by atoms with van der Waals surface area (Å²) in [7, 11) is 1.11. The number of pyridine rings is 1. The Labute approximate surface area is 94.3 Å². The predicted octanol–water partition coefficient (Wildman–Crippen LogP) is 1.26. The molecule has 1 aromatic rings. The van der Waals surface area contributed by atoms with E-state index in [2.05, 4.69) is 14.5 Å². The standard InChI is InChI=1S/C9H9F3N2O3/c1-16-8-7(17-9(10,11)12)5(3-13)2-6(4-15)14-8/h2,4H,3,13H2,1H3. The minimum absolute atomic E-state index is 0.0173. The van der Waals surface area contributed by atoms with E-state index < -0.39 is 18.0 Å². The molecule has 1 rings (SSSR count). The summed E-state index contributed by atoms with van der Waals surface area (Å²) < 4.78 is 44.8. The van der Waals surface area contributed by atoms with Gasteiger partial charge < -0.3 is 15.2 Å². The molecular weight excluding hydrogens is 241 g/mol. The number of methoxy groups -OCH3 is 1. The Hall–Kier alpha value is -1.83. The minimum atomic E-state index is -4.89. The van der Waals surface area contributed by atoms with Gasteiger partial charge in [-0.05, 0) is 6.07 Å². The molecule has 1 heterocycles. The summed E-state index contributed by atoms with van der Waals surface area (Å²) in [5, 5.41) is 0. The Kier molecular flexibility index (Phi) is 3.89. The van der Waals surface area contributed by atoms with Gasteiger partial charge in [0, 0.05) is 12.1 Å². The summed E-state index contributed by atoms with van der Waals surface area (Å²) in [6.45, 7) is -0.245. The van der Waals surface area contributed by atoms with Crippen LogP contribution >= 0.6 is 0 Å². The fraction of sp³-hybridized carbons (Fsp3) is 0.333. The maximum absolute atomic E-state index is 12.1. The molecule has 0 aromatic carbocycles. The van der Waals surface area contributed by atoms with Gasteiger partial charge in [0.05, 0.1) is 7.11 Å². The molecule has 2 N–H and O–H groups in total. The minimum Gasteiger partial charge on any atom is -0.478 e. The van der Waals surface area contributed by atoms with Gasteiger partial charge >= 0.3 is 6.36 Å². The van der Waals surface area contributed by atoms with Crippen molar-refractivity contribution in [2.24, 2.45) is 5.73 Å². The fourth-order valence-electron chi connectivity index (χ4n) is 1.16. The molecule has 0 amide bonds. The van der Waals surface area contributed by atoms with E-state index in [-0.39, 0.29) is 17.8 Å². The summed E-state index contributed by atoms with van der Waals surface area (Å²) in [5.74, 6) is -1.07. The number of nitrogens with two attached hydrogens (primary N) is 1. The first-order chi connectivity index (χ1) is 7.91.